The van der Waals surface area contributed by atoms with Crippen LogP contribution in [-0.2, 0) is 4.43 Å². The largest absolute Gasteiger partial charge is 0.414 e. The van der Waals surface area contributed by atoms with Gasteiger partial charge in [-0.3, -0.25) is 0 Å². The van der Waals surface area contributed by atoms with Gasteiger partial charge in [0.05, 0.1) is 0 Å². The van der Waals surface area contributed by atoms with Crippen LogP contribution in [0.15, 0.2) is 0 Å². The Hall–Kier alpha value is 0.177. The lowest BCUT2D eigenvalue weighted by molar-refractivity contribution is 0.190. The van der Waals surface area contributed by atoms with Crippen molar-refractivity contribution in [3.05, 3.63) is 0 Å². The molecular weight excluding hydrogens is 188 g/mol. The first-order valence-electron chi connectivity index (χ1n) is 6.33. The van der Waals surface area contributed by atoms with E-state index in [-0.39, 0.29) is 0 Å². The molecular formula is C12H26OSi. The average molecular weight is 214 g/mol. The van der Waals surface area contributed by atoms with Gasteiger partial charge >= 0.3 is 0 Å². The summed E-state index contributed by atoms with van der Waals surface area (Å²) in [5.74, 6) is 0.900. The van der Waals surface area contributed by atoms with Gasteiger partial charge in [-0.1, -0.05) is 27.7 Å². The molecule has 0 heterocycles. The van der Waals surface area contributed by atoms with E-state index < -0.39 is 8.32 Å². The standard InChI is InChI=1S/C12H26OSi/c1-5-14(6-2,7-3)13-12-9-8-11(4)10-12/h11-12H,5-10H2,1-4H3. The highest BCUT2D eigenvalue weighted by molar-refractivity contribution is 6.73. The van der Waals surface area contributed by atoms with Crippen molar-refractivity contribution in [1.29, 1.82) is 0 Å². The molecule has 0 spiro atoms. The average Bonchev–Trinajstić information content (AvgIpc) is 2.61. The van der Waals surface area contributed by atoms with Crippen molar-refractivity contribution in [2.24, 2.45) is 5.92 Å². The van der Waals surface area contributed by atoms with Crippen LogP contribution in [0.1, 0.15) is 47.0 Å². The Kier molecular flexibility index (Phi) is 4.65. The molecule has 0 radical (unpaired) electrons. The van der Waals surface area contributed by atoms with E-state index in [9.17, 15) is 0 Å². The normalized spacial score (nSPS) is 28.3. The highest BCUT2D eigenvalue weighted by Gasteiger charge is 2.34. The van der Waals surface area contributed by atoms with Crippen molar-refractivity contribution in [3.63, 3.8) is 0 Å². The quantitative estimate of drug-likeness (QED) is 0.623. The van der Waals surface area contributed by atoms with Gasteiger partial charge in [0.25, 0.3) is 0 Å². The van der Waals surface area contributed by atoms with Crippen LogP contribution in [0.25, 0.3) is 0 Å². The maximum atomic E-state index is 6.46. The first kappa shape index (κ1) is 12.2. The van der Waals surface area contributed by atoms with Crippen molar-refractivity contribution in [2.45, 2.75) is 71.2 Å². The predicted octanol–water partition coefficient (Wildman–Crippen LogP) is 4.20. The molecule has 0 aliphatic heterocycles. The van der Waals surface area contributed by atoms with Gasteiger partial charge in [0, 0.05) is 6.10 Å². The van der Waals surface area contributed by atoms with Gasteiger partial charge in [0.1, 0.15) is 0 Å². The minimum atomic E-state index is -1.31. The molecule has 1 rings (SSSR count). The van der Waals surface area contributed by atoms with E-state index in [0.717, 1.165) is 5.92 Å². The highest BCUT2D eigenvalue weighted by atomic mass is 28.4. The molecule has 2 heteroatoms. The number of hydrogen-bond donors (Lipinski definition) is 0. The van der Waals surface area contributed by atoms with Crippen LogP contribution in [0, 0.1) is 5.92 Å². The monoisotopic (exact) mass is 214 g/mol. The third-order valence-corrected chi connectivity index (χ3v) is 8.70. The molecule has 0 aromatic rings. The number of hydrogen-bond acceptors (Lipinski definition) is 1. The lowest BCUT2D eigenvalue weighted by Crippen LogP contribution is -2.39. The van der Waals surface area contributed by atoms with Gasteiger partial charge in [-0.15, -0.1) is 0 Å². The first-order chi connectivity index (χ1) is 6.65. The summed E-state index contributed by atoms with van der Waals surface area (Å²) in [6, 6.07) is 3.89. The second-order valence-corrected chi connectivity index (χ2v) is 9.62. The van der Waals surface area contributed by atoms with E-state index in [4.69, 9.17) is 4.43 Å². The third kappa shape index (κ3) is 2.83. The van der Waals surface area contributed by atoms with Gasteiger partial charge in [-0.05, 0) is 43.3 Å². The molecule has 1 saturated carbocycles. The van der Waals surface area contributed by atoms with Crippen molar-refractivity contribution >= 4 is 8.32 Å². The smallest absolute Gasteiger partial charge is 0.192 e. The zero-order chi connectivity index (χ0) is 10.6. The summed E-state index contributed by atoms with van der Waals surface area (Å²) in [5, 5.41) is 0. The van der Waals surface area contributed by atoms with Gasteiger partial charge in [0.2, 0.25) is 0 Å². The molecule has 0 aromatic carbocycles. The van der Waals surface area contributed by atoms with E-state index in [1.807, 2.05) is 0 Å². The van der Waals surface area contributed by atoms with Gasteiger partial charge in [-0.25, -0.2) is 0 Å². The van der Waals surface area contributed by atoms with E-state index >= 15 is 0 Å². The SMILES string of the molecule is CC[Si](CC)(CC)OC1CCC(C)C1. The van der Waals surface area contributed by atoms with Gasteiger partial charge < -0.3 is 4.43 Å². The van der Waals surface area contributed by atoms with Gasteiger partial charge in [-0.2, -0.15) is 0 Å². The fraction of sp³-hybridized carbons (Fsp3) is 1.00. The second kappa shape index (κ2) is 5.31. The van der Waals surface area contributed by atoms with Crippen molar-refractivity contribution in [2.75, 3.05) is 0 Å². The summed E-state index contributed by atoms with van der Waals surface area (Å²) in [6.45, 7) is 9.31. The molecule has 0 bridgehead atoms. The van der Waals surface area contributed by atoms with Gasteiger partial charge in [0.15, 0.2) is 8.32 Å². The molecule has 14 heavy (non-hydrogen) atoms. The minimum absolute atomic E-state index is 0.608. The molecule has 84 valence electrons. The molecule has 0 amide bonds. The molecule has 0 N–H and O–H groups in total. The summed E-state index contributed by atoms with van der Waals surface area (Å²) >= 11 is 0. The minimum Gasteiger partial charge on any atom is -0.414 e. The third-order valence-electron chi connectivity index (χ3n) is 4.00. The van der Waals surface area contributed by atoms with Crippen LogP contribution in [0.3, 0.4) is 0 Å². The van der Waals surface area contributed by atoms with Crippen LogP contribution in [0.5, 0.6) is 0 Å². The van der Waals surface area contributed by atoms with E-state index in [1.54, 1.807) is 0 Å². The highest BCUT2D eigenvalue weighted by Crippen LogP contribution is 2.32. The summed E-state index contributed by atoms with van der Waals surface area (Å²) in [7, 11) is -1.31. The molecule has 0 aromatic heterocycles. The molecule has 2 atom stereocenters. The zero-order valence-corrected chi connectivity index (χ0v) is 11.3. The zero-order valence-electron chi connectivity index (χ0n) is 10.3. The molecule has 1 fully saturated rings. The van der Waals surface area contributed by atoms with Crippen LogP contribution in [-0.4, -0.2) is 14.4 Å². The fourth-order valence-electron chi connectivity index (χ4n) is 2.62. The Morgan fingerprint density at radius 3 is 2.00 bits per heavy atom. The Balaban J connectivity index is 2.47. The van der Waals surface area contributed by atoms with E-state index in [1.165, 1.54) is 37.4 Å². The Bertz CT molecular complexity index is 157. The van der Waals surface area contributed by atoms with Crippen molar-refractivity contribution in [3.8, 4) is 0 Å². The lowest BCUT2D eigenvalue weighted by Gasteiger charge is -2.31. The molecule has 0 saturated heterocycles. The summed E-state index contributed by atoms with van der Waals surface area (Å²) in [6.07, 6.45) is 4.62. The number of rotatable bonds is 5. The maximum absolute atomic E-state index is 6.46. The topological polar surface area (TPSA) is 9.23 Å². The van der Waals surface area contributed by atoms with Crippen molar-refractivity contribution in [1.82, 2.24) is 0 Å². The molecule has 2 unspecified atom stereocenters. The second-order valence-electron chi connectivity index (χ2n) is 4.90. The summed E-state index contributed by atoms with van der Waals surface area (Å²) < 4.78 is 6.46. The lowest BCUT2D eigenvalue weighted by atomic mass is 10.1. The maximum Gasteiger partial charge on any atom is 0.192 e. The summed E-state index contributed by atoms with van der Waals surface area (Å²) in [4.78, 5) is 0. The molecule has 1 aliphatic carbocycles. The molecule has 1 nitrogen and oxygen atoms in total. The fourth-order valence-corrected chi connectivity index (χ4v) is 5.54. The van der Waals surface area contributed by atoms with Crippen LogP contribution in [0.4, 0.5) is 0 Å². The Morgan fingerprint density at radius 1 is 1.07 bits per heavy atom. The van der Waals surface area contributed by atoms with E-state index in [2.05, 4.69) is 27.7 Å². The van der Waals surface area contributed by atoms with E-state index in [0.29, 0.717) is 6.10 Å². The first-order valence-corrected chi connectivity index (χ1v) is 8.86. The van der Waals surface area contributed by atoms with Crippen LogP contribution >= 0.6 is 0 Å². The predicted molar refractivity (Wildman–Crippen MR) is 65.1 cm³/mol. The Labute approximate surface area is 90.4 Å². The molecule has 1 aliphatic rings. The van der Waals surface area contributed by atoms with Crippen LogP contribution < -0.4 is 0 Å². The van der Waals surface area contributed by atoms with Crippen molar-refractivity contribution < 1.29 is 4.43 Å². The van der Waals surface area contributed by atoms with Crippen LogP contribution in [0.2, 0.25) is 18.1 Å². The summed E-state index contributed by atoms with van der Waals surface area (Å²) in [5.41, 5.74) is 0. The Morgan fingerprint density at radius 2 is 1.64 bits per heavy atom.